The van der Waals surface area contributed by atoms with E-state index >= 15 is 0 Å². The van der Waals surface area contributed by atoms with Crippen molar-refractivity contribution in [3.8, 4) is 5.88 Å². The maximum Gasteiger partial charge on any atom is 0.288 e. The van der Waals surface area contributed by atoms with Gasteiger partial charge in [0.1, 0.15) is 18.1 Å². The molecule has 0 aromatic carbocycles. The predicted molar refractivity (Wildman–Crippen MR) is 90.0 cm³/mol. The lowest BCUT2D eigenvalue weighted by atomic mass is 10.2. The van der Waals surface area contributed by atoms with Crippen molar-refractivity contribution in [1.29, 1.82) is 0 Å². The molecule has 2 aromatic rings. The van der Waals surface area contributed by atoms with Crippen molar-refractivity contribution in [1.82, 2.24) is 9.97 Å². The maximum atomic E-state index is 10.7. The molecule has 0 amide bonds. The third kappa shape index (κ3) is 4.18. The van der Waals surface area contributed by atoms with Crippen LogP contribution in [-0.2, 0) is 11.3 Å². The van der Waals surface area contributed by atoms with E-state index in [1.165, 1.54) is 12.3 Å². The fourth-order valence-corrected chi connectivity index (χ4v) is 2.72. The van der Waals surface area contributed by atoms with Crippen LogP contribution in [0.1, 0.15) is 12.0 Å². The van der Waals surface area contributed by atoms with Crippen LogP contribution in [0.15, 0.2) is 35.1 Å². The first-order valence-electron chi connectivity index (χ1n) is 7.35. The molecule has 1 unspecified atom stereocenters. The number of hydrogen-bond donors (Lipinski definition) is 1. The van der Waals surface area contributed by atoms with E-state index in [1.54, 1.807) is 6.20 Å². The highest BCUT2D eigenvalue weighted by atomic mass is 79.9. The monoisotopic (exact) mass is 394 g/mol. The Morgan fingerprint density at radius 1 is 1.46 bits per heavy atom. The smallest absolute Gasteiger partial charge is 0.288 e. The standard InChI is InChI=1S/C15H15BrN4O4/c16-13-6-11(20(21)22)8-19-15(13)18-7-10-1-3-17-14(5-10)24-12-2-4-23-9-12/h1,3,5-6,8,12H,2,4,7,9H2,(H,18,19). The van der Waals surface area contributed by atoms with Gasteiger partial charge in [0.15, 0.2) is 0 Å². The van der Waals surface area contributed by atoms with Crippen LogP contribution in [0.25, 0.3) is 0 Å². The van der Waals surface area contributed by atoms with Gasteiger partial charge in [-0.25, -0.2) is 9.97 Å². The Morgan fingerprint density at radius 3 is 3.04 bits per heavy atom. The van der Waals surface area contributed by atoms with Crippen LogP contribution >= 0.6 is 15.9 Å². The number of ether oxygens (including phenoxy) is 2. The highest BCUT2D eigenvalue weighted by Crippen LogP contribution is 2.25. The zero-order valence-electron chi connectivity index (χ0n) is 12.6. The number of aromatic nitrogens is 2. The summed E-state index contributed by atoms with van der Waals surface area (Å²) in [4.78, 5) is 18.5. The molecule has 24 heavy (non-hydrogen) atoms. The fourth-order valence-electron chi connectivity index (χ4n) is 2.24. The Hall–Kier alpha value is -2.26. The molecule has 8 nitrogen and oxygen atoms in total. The van der Waals surface area contributed by atoms with Gasteiger partial charge in [0, 0.05) is 31.3 Å². The normalized spacial score (nSPS) is 16.8. The molecule has 0 aliphatic carbocycles. The third-order valence-electron chi connectivity index (χ3n) is 3.47. The number of nitrogens with zero attached hydrogens (tertiary/aromatic N) is 3. The average Bonchev–Trinajstić information content (AvgIpc) is 3.07. The lowest BCUT2D eigenvalue weighted by molar-refractivity contribution is -0.385. The Kier molecular flexibility index (Phi) is 5.21. The summed E-state index contributed by atoms with van der Waals surface area (Å²) in [6, 6.07) is 5.13. The first-order chi connectivity index (χ1) is 11.6. The molecule has 0 saturated carbocycles. The summed E-state index contributed by atoms with van der Waals surface area (Å²) in [5, 5.41) is 13.8. The zero-order chi connectivity index (χ0) is 16.9. The second-order valence-corrected chi connectivity index (χ2v) is 6.09. The molecule has 1 saturated heterocycles. The van der Waals surface area contributed by atoms with Gasteiger partial charge in [-0.2, -0.15) is 0 Å². The average molecular weight is 395 g/mol. The quantitative estimate of drug-likeness (QED) is 0.593. The molecule has 126 valence electrons. The number of rotatable bonds is 6. The second-order valence-electron chi connectivity index (χ2n) is 5.24. The summed E-state index contributed by atoms with van der Waals surface area (Å²) >= 11 is 3.28. The highest BCUT2D eigenvalue weighted by molar-refractivity contribution is 9.10. The largest absolute Gasteiger partial charge is 0.472 e. The lowest BCUT2D eigenvalue weighted by Gasteiger charge is -2.12. The predicted octanol–water partition coefficient (Wildman–Crippen LogP) is 2.93. The SMILES string of the molecule is O=[N+]([O-])c1cnc(NCc2ccnc(OC3CCOC3)c2)c(Br)c1. The minimum Gasteiger partial charge on any atom is -0.472 e. The zero-order valence-corrected chi connectivity index (χ0v) is 14.2. The molecule has 3 rings (SSSR count). The van der Waals surface area contributed by atoms with Gasteiger partial charge in [-0.15, -0.1) is 0 Å². The number of nitro groups is 1. The van der Waals surface area contributed by atoms with Crippen molar-refractivity contribution in [2.45, 2.75) is 19.1 Å². The Morgan fingerprint density at radius 2 is 2.33 bits per heavy atom. The third-order valence-corrected chi connectivity index (χ3v) is 4.08. The molecule has 1 fully saturated rings. The van der Waals surface area contributed by atoms with Gasteiger partial charge in [0.25, 0.3) is 5.69 Å². The molecule has 3 heterocycles. The molecular formula is C15H15BrN4O4. The van der Waals surface area contributed by atoms with Gasteiger partial charge in [0.2, 0.25) is 5.88 Å². The number of anilines is 1. The topological polar surface area (TPSA) is 99.4 Å². The van der Waals surface area contributed by atoms with Gasteiger partial charge in [-0.1, -0.05) is 0 Å². The van der Waals surface area contributed by atoms with Crippen LogP contribution in [0.3, 0.4) is 0 Å². The van der Waals surface area contributed by atoms with Gasteiger partial charge >= 0.3 is 0 Å². The van der Waals surface area contributed by atoms with Crippen LogP contribution in [0, 0.1) is 10.1 Å². The van der Waals surface area contributed by atoms with E-state index in [9.17, 15) is 10.1 Å². The molecule has 0 bridgehead atoms. The molecule has 0 radical (unpaired) electrons. The number of nitrogens with one attached hydrogen (secondary N) is 1. The van der Waals surface area contributed by atoms with Gasteiger partial charge in [-0.05, 0) is 27.6 Å². The fraction of sp³-hybridized carbons (Fsp3) is 0.333. The summed E-state index contributed by atoms with van der Waals surface area (Å²) < 4.78 is 11.6. The molecule has 1 aliphatic rings. The first kappa shape index (κ1) is 16.6. The van der Waals surface area contributed by atoms with E-state index in [4.69, 9.17) is 9.47 Å². The van der Waals surface area contributed by atoms with E-state index < -0.39 is 4.92 Å². The molecule has 1 N–H and O–H groups in total. The van der Waals surface area contributed by atoms with Crippen LogP contribution in [0.2, 0.25) is 0 Å². The van der Waals surface area contributed by atoms with Crippen molar-refractivity contribution >= 4 is 27.4 Å². The van der Waals surface area contributed by atoms with Crippen molar-refractivity contribution in [3.63, 3.8) is 0 Å². The summed E-state index contributed by atoms with van der Waals surface area (Å²) in [5.41, 5.74) is 0.900. The van der Waals surface area contributed by atoms with Crippen molar-refractivity contribution in [2.75, 3.05) is 18.5 Å². The molecule has 2 aromatic heterocycles. The van der Waals surface area contributed by atoms with Crippen LogP contribution < -0.4 is 10.1 Å². The van der Waals surface area contributed by atoms with E-state index in [-0.39, 0.29) is 11.8 Å². The Bertz CT molecular complexity index is 737. The molecule has 9 heteroatoms. The molecular weight excluding hydrogens is 380 g/mol. The highest BCUT2D eigenvalue weighted by Gasteiger charge is 2.17. The Balaban J connectivity index is 1.63. The molecule has 0 spiro atoms. The summed E-state index contributed by atoms with van der Waals surface area (Å²) in [6.45, 7) is 1.79. The molecule has 1 atom stereocenters. The van der Waals surface area contributed by atoms with Crippen LogP contribution in [-0.4, -0.2) is 34.2 Å². The minimum absolute atomic E-state index is 0.0474. The summed E-state index contributed by atoms with van der Waals surface area (Å²) in [7, 11) is 0. The summed E-state index contributed by atoms with van der Waals surface area (Å²) in [5.74, 6) is 1.09. The van der Waals surface area contributed by atoms with Gasteiger partial charge in [0.05, 0.1) is 22.6 Å². The van der Waals surface area contributed by atoms with E-state index in [1.807, 2.05) is 12.1 Å². The lowest BCUT2D eigenvalue weighted by Crippen LogP contribution is -2.16. The van der Waals surface area contributed by atoms with Crippen molar-refractivity contribution in [2.24, 2.45) is 0 Å². The summed E-state index contributed by atoms with van der Waals surface area (Å²) in [6.07, 6.45) is 3.81. The number of halogens is 1. The first-order valence-corrected chi connectivity index (χ1v) is 8.14. The van der Waals surface area contributed by atoms with Crippen molar-refractivity contribution in [3.05, 3.63) is 50.7 Å². The Labute approximate surface area is 146 Å². The van der Waals surface area contributed by atoms with E-state index in [0.29, 0.717) is 35.9 Å². The van der Waals surface area contributed by atoms with Crippen molar-refractivity contribution < 1.29 is 14.4 Å². The maximum absolute atomic E-state index is 10.7. The minimum atomic E-state index is -0.485. The molecule has 1 aliphatic heterocycles. The van der Waals surface area contributed by atoms with Gasteiger partial charge in [-0.3, -0.25) is 10.1 Å². The number of hydrogen-bond acceptors (Lipinski definition) is 7. The van der Waals surface area contributed by atoms with E-state index in [2.05, 4.69) is 31.2 Å². The second kappa shape index (κ2) is 7.54. The van der Waals surface area contributed by atoms with E-state index in [0.717, 1.165) is 12.0 Å². The van der Waals surface area contributed by atoms with Crippen LogP contribution in [0.4, 0.5) is 11.5 Å². The van der Waals surface area contributed by atoms with Crippen LogP contribution in [0.5, 0.6) is 5.88 Å². The number of pyridine rings is 2. The van der Waals surface area contributed by atoms with Gasteiger partial charge < -0.3 is 14.8 Å².